The summed E-state index contributed by atoms with van der Waals surface area (Å²) in [6.07, 6.45) is 5.46. The molecular formula is C18H19N3O2. The molecule has 0 aliphatic carbocycles. The maximum absolute atomic E-state index is 12.2. The number of nitrogens with zero attached hydrogens (tertiary/aromatic N) is 1. The van der Waals surface area contributed by atoms with Crippen LogP contribution in [0, 0.1) is 0 Å². The summed E-state index contributed by atoms with van der Waals surface area (Å²) in [5.74, 6) is -0.493. The number of carbonyl (C=O) groups excluding carboxylic acids is 2. The van der Waals surface area contributed by atoms with Crippen LogP contribution >= 0.6 is 0 Å². The second kappa shape index (κ2) is 7.89. The Kier molecular flexibility index (Phi) is 5.63. The third kappa shape index (κ3) is 4.78. The Bertz CT molecular complexity index is 724. The minimum absolute atomic E-state index is 0.215. The molecule has 23 heavy (non-hydrogen) atoms. The van der Waals surface area contributed by atoms with Gasteiger partial charge in [-0.2, -0.15) is 0 Å². The molecule has 2 rings (SSSR count). The van der Waals surface area contributed by atoms with Crippen LogP contribution in [0.2, 0.25) is 0 Å². The quantitative estimate of drug-likeness (QED) is 0.829. The first-order valence-corrected chi connectivity index (χ1v) is 7.38. The van der Waals surface area contributed by atoms with Gasteiger partial charge in [0.1, 0.15) is 0 Å². The van der Waals surface area contributed by atoms with Crippen molar-refractivity contribution in [2.45, 2.75) is 20.3 Å². The number of amides is 2. The Labute approximate surface area is 135 Å². The molecule has 0 aliphatic heterocycles. The molecule has 0 aliphatic rings. The number of benzene rings is 1. The number of anilines is 2. The summed E-state index contributed by atoms with van der Waals surface area (Å²) in [5.41, 5.74) is 2.53. The highest BCUT2D eigenvalue weighted by atomic mass is 16.2. The molecule has 1 heterocycles. The highest BCUT2D eigenvalue weighted by Gasteiger charge is 2.10. The summed E-state index contributed by atoms with van der Waals surface area (Å²) in [7, 11) is 0. The first-order valence-electron chi connectivity index (χ1n) is 7.38. The zero-order valence-electron chi connectivity index (χ0n) is 13.2. The number of rotatable bonds is 5. The van der Waals surface area contributed by atoms with E-state index in [1.807, 2.05) is 13.8 Å². The number of hydrogen-bond donors (Lipinski definition) is 2. The van der Waals surface area contributed by atoms with Gasteiger partial charge in [-0.05, 0) is 37.6 Å². The zero-order valence-corrected chi connectivity index (χ0v) is 13.2. The minimum atomic E-state index is -0.278. The van der Waals surface area contributed by atoms with Gasteiger partial charge in [-0.1, -0.05) is 24.6 Å². The molecule has 118 valence electrons. The van der Waals surface area contributed by atoms with Gasteiger partial charge in [0.15, 0.2) is 0 Å². The smallest absolute Gasteiger partial charge is 0.257 e. The van der Waals surface area contributed by atoms with Crippen LogP contribution in [0.25, 0.3) is 0 Å². The van der Waals surface area contributed by atoms with Gasteiger partial charge in [-0.3, -0.25) is 14.6 Å². The number of nitrogens with one attached hydrogen (secondary N) is 2. The van der Waals surface area contributed by atoms with E-state index in [-0.39, 0.29) is 11.8 Å². The number of para-hydroxylation sites is 2. The lowest BCUT2D eigenvalue weighted by Crippen LogP contribution is -2.15. The number of pyridine rings is 1. The number of carbonyl (C=O) groups is 2. The fourth-order valence-electron chi connectivity index (χ4n) is 1.89. The standard InChI is InChI=1S/C18H19N3O2/c1-3-13(2)11-17(22)20-15-8-4-5-9-16(15)21-18(23)14-7-6-10-19-12-14/h4-12H,3H2,1-2H3,(H,20,22)(H,21,23)/b13-11+. The predicted molar refractivity (Wildman–Crippen MR) is 91.3 cm³/mol. The summed E-state index contributed by atoms with van der Waals surface area (Å²) in [5, 5.41) is 5.57. The topological polar surface area (TPSA) is 71.1 Å². The fourth-order valence-corrected chi connectivity index (χ4v) is 1.89. The van der Waals surface area contributed by atoms with Crippen molar-refractivity contribution in [2.75, 3.05) is 10.6 Å². The largest absolute Gasteiger partial charge is 0.321 e. The fraction of sp³-hybridized carbons (Fsp3) is 0.167. The van der Waals surface area contributed by atoms with E-state index in [9.17, 15) is 9.59 Å². The Morgan fingerprint density at radius 1 is 1.09 bits per heavy atom. The van der Waals surface area contributed by atoms with Gasteiger partial charge in [-0.15, -0.1) is 0 Å². The molecule has 0 radical (unpaired) electrons. The Balaban J connectivity index is 2.15. The third-order valence-corrected chi connectivity index (χ3v) is 3.29. The summed E-state index contributed by atoms with van der Waals surface area (Å²) in [6, 6.07) is 10.4. The van der Waals surface area contributed by atoms with E-state index in [0.29, 0.717) is 16.9 Å². The molecule has 0 unspecified atom stereocenters. The van der Waals surface area contributed by atoms with Crippen molar-refractivity contribution in [3.05, 3.63) is 66.0 Å². The summed E-state index contributed by atoms with van der Waals surface area (Å²) < 4.78 is 0. The Morgan fingerprint density at radius 2 is 1.78 bits per heavy atom. The van der Waals surface area contributed by atoms with Crippen LogP contribution in [-0.4, -0.2) is 16.8 Å². The van der Waals surface area contributed by atoms with Gasteiger partial charge in [0, 0.05) is 18.5 Å². The van der Waals surface area contributed by atoms with E-state index in [0.717, 1.165) is 12.0 Å². The number of allylic oxidation sites excluding steroid dienone is 1. The van der Waals surface area contributed by atoms with Crippen LogP contribution in [0.3, 0.4) is 0 Å². The van der Waals surface area contributed by atoms with Crippen molar-refractivity contribution in [3.63, 3.8) is 0 Å². The molecule has 5 nitrogen and oxygen atoms in total. The average Bonchev–Trinajstić information content (AvgIpc) is 2.57. The molecule has 1 aromatic carbocycles. The highest BCUT2D eigenvalue weighted by Crippen LogP contribution is 2.21. The summed E-state index contributed by atoms with van der Waals surface area (Å²) in [4.78, 5) is 28.1. The van der Waals surface area contributed by atoms with Gasteiger partial charge < -0.3 is 10.6 Å². The van der Waals surface area contributed by atoms with E-state index in [4.69, 9.17) is 0 Å². The third-order valence-electron chi connectivity index (χ3n) is 3.29. The summed E-state index contributed by atoms with van der Waals surface area (Å²) in [6.45, 7) is 3.89. The van der Waals surface area contributed by atoms with Crippen LogP contribution in [0.4, 0.5) is 11.4 Å². The van der Waals surface area contributed by atoms with Crippen LogP contribution in [0.15, 0.2) is 60.4 Å². The van der Waals surface area contributed by atoms with E-state index < -0.39 is 0 Å². The van der Waals surface area contributed by atoms with E-state index in [2.05, 4.69) is 15.6 Å². The van der Waals surface area contributed by atoms with Crippen LogP contribution < -0.4 is 10.6 Å². The molecule has 0 saturated carbocycles. The molecule has 2 amide bonds. The number of hydrogen-bond acceptors (Lipinski definition) is 3. The van der Waals surface area contributed by atoms with E-state index in [1.165, 1.54) is 6.20 Å². The second-order valence-electron chi connectivity index (χ2n) is 5.07. The average molecular weight is 309 g/mol. The molecule has 0 spiro atoms. The van der Waals surface area contributed by atoms with Crippen LogP contribution in [0.5, 0.6) is 0 Å². The molecular weight excluding hydrogens is 290 g/mol. The lowest BCUT2D eigenvalue weighted by atomic mass is 10.2. The Hall–Kier alpha value is -2.95. The normalized spacial score (nSPS) is 11.0. The summed E-state index contributed by atoms with van der Waals surface area (Å²) >= 11 is 0. The molecule has 0 atom stereocenters. The lowest BCUT2D eigenvalue weighted by Gasteiger charge is -2.11. The van der Waals surface area contributed by atoms with Crippen molar-refractivity contribution < 1.29 is 9.59 Å². The van der Waals surface area contributed by atoms with E-state index in [1.54, 1.807) is 48.7 Å². The first kappa shape index (κ1) is 16.4. The minimum Gasteiger partial charge on any atom is -0.321 e. The van der Waals surface area contributed by atoms with Gasteiger partial charge in [0.05, 0.1) is 16.9 Å². The molecule has 0 saturated heterocycles. The molecule has 0 bridgehead atoms. The first-order chi connectivity index (χ1) is 11.1. The lowest BCUT2D eigenvalue weighted by molar-refractivity contribution is -0.112. The van der Waals surface area contributed by atoms with Crippen molar-refractivity contribution in [3.8, 4) is 0 Å². The van der Waals surface area contributed by atoms with Crippen LogP contribution in [-0.2, 0) is 4.79 Å². The van der Waals surface area contributed by atoms with E-state index >= 15 is 0 Å². The molecule has 1 aromatic heterocycles. The van der Waals surface area contributed by atoms with Crippen molar-refractivity contribution in [2.24, 2.45) is 0 Å². The maximum atomic E-state index is 12.2. The van der Waals surface area contributed by atoms with Crippen molar-refractivity contribution >= 4 is 23.2 Å². The molecule has 2 aromatic rings. The molecule has 2 N–H and O–H groups in total. The molecule has 5 heteroatoms. The highest BCUT2D eigenvalue weighted by molar-refractivity contribution is 6.08. The SMILES string of the molecule is CC/C(C)=C/C(=O)Nc1ccccc1NC(=O)c1cccnc1. The van der Waals surface area contributed by atoms with Crippen LogP contribution in [0.1, 0.15) is 30.6 Å². The van der Waals surface area contributed by atoms with Gasteiger partial charge in [-0.25, -0.2) is 0 Å². The van der Waals surface area contributed by atoms with Crippen molar-refractivity contribution in [1.82, 2.24) is 4.98 Å². The molecule has 0 fully saturated rings. The second-order valence-corrected chi connectivity index (χ2v) is 5.07. The zero-order chi connectivity index (χ0) is 16.7. The van der Waals surface area contributed by atoms with Gasteiger partial charge in [0.2, 0.25) is 5.91 Å². The van der Waals surface area contributed by atoms with Gasteiger partial charge in [0.25, 0.3) is 5.91 Å². The predicted octanol–water partition coefficient (Wildman–Crippen LogP) is 3.63. The Morgan fingerprint density at radius 3 is 2.39 bits per heavy atom. The maximum Gasteiger partial charge on any atom is 0.257 e. The van der Waals surface area contributed by atoms with Crippen molar-refractivity contribution in [1.29, 1.82) is 0 Å². The monoisotopic (exact) mass is 309 g/mol. The van der Waals surface area contributed by atoms with Gasteiger partial charge >= 0.3 is 0 Å². The number of aromatic nitrogens is 1.